The summed E-state index contributed by atoms with van der Waals surface area (Å²) in [6.45, 7) is 4.27. The minimum Gasteiger partial charge on any atom is -0.480 e. The first kappa shape index (κ1) is 9.86. The molecule has 1 heterocycles. The maximum atomic E-state index is 10.6. The van der Waals surface area contributed by atoms with Crippen LogP contribution in [-0.4, -0.2) is 28.2 Å². The number of hydrogen-bond donors (Lipinski definition) is 2. The van der Waals surface area contributed by atoms with Crippen molar-refractivity contribution in [2.75, 3.05) is 5.75 Å². The molecule has 0 saturated carbocycles. The van der Waals surface area contributed by atoms with Crippen molar-refractivity contribution in [1.82, 2.24) is 5.32 Å². The lowest BCUT2D eigenvalue weighted by atomic mass is 10.1. The molecule has 1 rings (SSSR count). The van der Waals surface area contributed by atoms with Crippen molar-refractivity contribution in [1.29, 1.82) is 0 Å². The highest BCUT2D eigenvalue weighted by atomic mass is 32.2. The largest absolute Gasteiger partial charge is 0.480 e. The van der Waals surface area contributed by atoms with Gasteiger partial charge in [0.1, 0.15) is 6.04 Å². The number of carbonyl (C=O) groups is 1. The van der Waals surface area contributed by atoms with E-state index < -0.39 is 5.97 Å². The summed E-state index contributed by atoms with van der Waals surface area (Å²) in [5, 5.41) is 12.1. The second-order valence-corrected chi connectivity index (χ2v) is 4.37. The lowest BCUT2D eigenvalue weighted by molar-refractivity contribution is -0.138. The van der Waals surface area contributed by atoms with E-state index in [4.69, 9.17) is 5.11 Å². The lowest BCUT2D eigenvalue weighted by Gasteiger charge is -2.16. The van der Waals surface area contributed by atoms with Crippen LogP contribution in [0, 0.1) is 5.92 Å². The first-order valence-electron chi connectivity index (χ1n) is 4.25. The lowest BCUT2D eigenvalue weighted by Crippen LogP contribution is -2.38. The van der Waals surface area contributed by atoms with Crippen LogP contribution >= 0.6 is 11.8 Å². The Kier molecular flexibility index (Phi) is 3.40. The van der Waals surface area contributed by atoms with E-state index in [1.54, 1.807) is 11.8 Å². The molecule has 0 aliphatic carbocycles. The molecule has 1 saturated heterocycles. The van der Waals surface area contributed by atoms with Crippen LogP contribution in [0.1, 0.15) is 20.3 Å². The summed E-state index contributed by atoms with van der Waals surface area (Å²) in [4.78, 5) is 10.6. The molecule has 2 N–H and O–H groups in total. The highest BCUT2D eigenvalue weighted by molar-refractivity contribution is 8.00. The van der Waals surface area contributed by atoms with Crippen LogP contribution in [0.15, 0.2) is 0 Å². The summed E-state index contributed by atoms with van der Waals surface area (Å²) in [5.74, 6) is 0.525. The Balaban J connectivity index is 2.40. The third-order valence-corrected chi connectivity index (χ3v) is 3.75. The Hall–Kier alpha value is -0.220. The molecule has 3 atom stereocenters. The third kappa shape index (κ3) is 2.14. The summed E-state index contributed by atoms with van der Waals surface area (Å²) < 4.78 is 0. The maximum absolute atomic E-state index is 10.6. The quantitative estimate of drug-likeness (QED) is 0.699. The standard InChI is InChI=1S/C8H15NO2S/c1-3-5(2)7-9-6(4-12-7)8(10)11/h5-7,9H,3-4H2,1-2H3,(H,10,11). The monoisotopic (exact) mass is 189 g/mol. The molecule has 1 fully saturated rings. The summed E-state index contributed by atoms with van der Waals surface area (Å²) in [6, 6.07) is -0.339. The third-order valence-electron chi connectivity index (χ3n) is 2.27. The van der Waals surface area contributed by atoms with Gasteiger partial charge in [-0.25, -0.2) is 0 Å². The van der Waals surface area contributed by atoms with Gasteiger partial charge in [-0.2, -0.15) is 0 Å². The minimum atomic E-state index is -0.728. The van der Waals surface area contributed by atoms with Gasteiger partial charge in [0.15, 0.2) is 0 Å². The number of carboxylic acid groups (broad SMARTS) is 1. The molecule has 0 amide bonds. The highest BCUT2D eigenvalue weighted by Crippen LogP contribution is 2.26. The van der Waals surface area contributed by atoms with E-state index in [-0.39, 0.29) is 6.04 Å². The summed E-state index contributed by atoms with van der Waals surface area (Å²) in [5.41, 5.74) is 0. The fourth-order valence-corrected chi connectivity index (χ4v) is 2.60. The molecule has 3 nitrogen and oxygen atoms in total. The molecule has 0 bridgehead atoms. The van der Waals surface area contributed by atoms with Gasteiger partial charge in [0.05, 0.1) is 5.37 Å². The Morgan fingerprint density at radius 1 is 1.83 bits per heavy atom. The maximum Gasteiger partial charge on any atom is 0.321 e. The average Bonchev–Trinajstić information content (AvgIpc) is 2.51. The van der Waals surface area contributed by atoms with Crippen molar-refractivity contribution in [3.05, 3.63) is 0 Å². The number of hydrogen-bond acceptors (Lipinski definition) is 3. The highest BCUT2D eigenvalue weighted by Gasteiger charge is 2.31. The van der Waals surface area contributed by atoms with Crippen molar-refractivity contribution < 1.29 is 9.90 Å². The molecule has 0 aromatic heterocycles. The number of aliphatic carboxylic acids is 1. The molecule has 4 heteroatoms. The number of nitrogens with one attached hydrogen (secondary N) is 1. The van der Waals surface area contributed by atoms with E-state index in [1.165, 1.54) is 0 Å². The van der Waals surface area contributed by atoms with Crippen LogP contribution < -0.4 is 5.32 Å². The van der Waals surface area contributed by atoms with E-state index >= 15 is 0 Å². The van der Waals surface area contributed by atoms with E-state index in [0.717, 1.165) is 6.42 Å². The summed E-state index contributed by atoms with van der Waals surface area (Å²) in [7, 11) is 0. The van der Waals surface area contributed by atoms with Crippen molar-refractivity contribution in [2.24, 2.45) is 5.92 Å². The average molecular weight is 189 g/mol. The van der Waals surface area contributed by atoms with E-state index in [2.05, 4.69) is 19.2 Å². The van der Waals surface area contributed by atoms with Gasteiger partial charge < -0.3 is 5.11 Å². The number of carboxylic acids is 1. The zero-order chi connectivity index (χ0) is 9.14. The molecule has 70 valence electrons. The Morgan fingerprint density at radius 3 is 2.92 bits per heavy atom. The fraction of sp³-hybridized carbons (Fsp3) is 0.875. The molecule has 0 aromatic rings. The predicted molar refractivity (Wildman–Crippen MR) is 50.3 cm³/mol. The van der Waals surface area contributed by atoms with Gasteiger partial charge in [0.2, 0.25) is 0 Å². The summed E-state index contributed by atoms with van der Waals surface area (Å²) in [6.07, 6.45) is 1.09. The molecule has 1 aliphatic heterocycles. The Bertz CT molecular complexity index is 174. The van der Waals surface area contributed by atoms with Gasteiger partial charge in [-0.3, -0.25) is 10.1 Å². The molecule has 0 spiro atoms. The normalized spacial score (nSPS) is 31.8. The Morgan fingerprint density at radius 2 is 2.50 bits per heavy atom. The van der Waals surface area contributed by atoms with Gasteiger partial charge in [-0.15, -0.1) is 11.8 Å². The number of thioether (sulfide) groups is 1. The zero-order valence-electron chi connectivity index (χ0n) is 7.41. The van der Waals surface area contributed by atoms with Gasteiger partial charge in [0, 0.05) is 5.75 Å². The molecule has 3 unspecified atom stereocenters. The van der Waals surface area contributed by atoms with E-state index in [1.807, 2.05) is 0 Å². The van der Waals surface area contributed by atoms with Gasteiger partial charge in [0.25, 0.3) is 0 Å². The smallest absolute Gasteiger partial charge is 0.321 e. The number of rotatable bonds is 3. The van der Waals surface area contributed by atoms with Crippen LogP contribution in [0.2, 0.25) is 0 Å². The summed E-state index contributed by atoms with van der Waals surface area (Å²) >= 11 is 1.72. The van der Waals surface area contributed by atoms with Crippen molar-refractivity contribution in [3.8, 4) is 0 Å². The SMILES string of the molecule is CCC(C)C1NC(C(=O)O)CS1. The first-order chi connectivity index (χ1) is 5.65. The molecular formula is C8H15NO2S. The van der Waals surface area contributed by atoms with Crippen LogP contribution in [0.5, 0.6) is 0 Å². The fourth-order valence-electron chi connectivity index (χ4n) is 1.18. The zero-order valence-corrected chi connectivity index (χ0v) is 8.23. The van der Waals surface area contributed by atoms with Crippen LogP contribution in [0.3, 0.4) is 0 Å². The predicted octanol–water partition coefficient (Wildman–Crippen LogP) is 1.15. The molecule has 0 radical (unpaired) electrons. The van der Waals surface area contributed by atoms with Crippen LogP contribution in [0.4, 0.5) is 0 Å². The van der Waals surface area contributed by atoms with Crippen molar-refractivity contribution in [3.63, 3.8) is 0 Å². The molecular weight excluding hydrogens is 174 g/mol. The minimum absolute atomic E-state index is 0.330. The Labute approximate surface area is 76.9 Å². The molecule has 12 heavy (non-hydrogen) atoms. The topological polar surface area (TPSA) is 49.3 Å². The molecule has 1 aliphatic rings. The second-order valence-electron chi connectivity index (χ2n) is 3.20. The van der Waals surface area contributed by atoms with Gasteiger partial charge in [-0.1, -0.05) is 20.3 Å². The first-order valence-corrected chi connectivity index (χ1v) is 5.30. The van der Waals surface area contributed by atoms with E-state index in [0.29, 0.717) is 17.0 Å². The second kappa shape index (κ2) is 4.14. The van der Waals surface area contributed by atoms with E-state index in [9.17, 15) is 4.79 Å². The van der Waals surface area contributed by atoms with Crippen molar-refractivity contribution in [2.45, 2.75) is 31.7 Å². The molecule has 0 aromatic carbocycles. The van der Waals surface area contributed by atoms with Crippen LogP contribution in [0.25, 0.3) is 0 Å². The van der Waals surface area contributed by atoms with Crippen LogP contribution in [-0.2, 0) is 4.79 Å². The van der Waals surface area contributed by atoms with Gasteiger partial charge in [-0.05, 0) is 5.92 Å². The van der Waals surface area contributed by atoms with Crippen molar-refractivity contribution >= 4 is 17.7 Å². The van der Waals surface area contributed by atoms with Gasteiger partial charge >= 0.3 is 5.97 Å².